The van der Waals surface area contributed by atoms with Gasteiger partial charge in [-0.3, -0.25) is 0 Å². The Labute approximate surface area is 104 Å². The minimum absolute atomic E-state index is 0.250. The molecule has 1 aromatic rings. The number of aliphatic hydroxyl groups excluding tert-OH is 3. The molecule has 0 unspecified atom stereocenters. The van der Waals surface area contributed by atoms with Crippen molar-refractivity contribution < 1.29 is 15.3 Å². The Morgan fingerprint density at radius 2 is 1.18 bits per heavy atom. The maximum absolute atomic E-state index is 8.53. The van der Waals surface area contributed by atoms with E-state index in [1.165, 1.54) is 5.56 Å². The molecule has 0 bridgehead atoms. The summed E-state index contributed by atoms with van der Waals surface area (Å²) < 4.78 is 0. The van der Waals surface area contributed by atoms with Gasteiger partial charge < -0.3 is 15.3 Å². The van der Waals surface area contributed by atoms with Crippen LogP contribution < -0.4 is 0 Å². The predicted octanol–water partition coefficient (Wildman–Crippen LogP) is 1.75. The van der Waals surface area contributed by atoms with Crippen LogP contribution in [0.5, 0.6) is 0 Å². The summed E-state index contributed by atoms with van der Waals surface area (Å²) in [7, 11) is 0. The van der Waals surface area contributed by atoms with Crippen LogP contribution in [0.25, 0.3) is 0 Å². The van der Waals surface area contributed by atoms with Gasteiger partial charge in [-0.25, -0.2) is 0 Å². The Morgan fingerprint density at radius 1 is 0.647 bits per heavy atom. The zero-order chi connectivity index (χ0) is 12.8. The lowest BCUT2D eigenvalue weighted by molar-refractivity contribution is 0.257. The molecular formula is C14H24O3. The van der Waals surface area contributed by atoms with Crippen LogP contribution in [0.15, 0.2) is 30.3 Å². The van der Waals surface area contributed by atoms with E-state index in [2.05, 4.69) is 12.1 Å². The van der Waals surface area contributed by atoms with Crippen molar-refractivity contribution in [2.75, 3.05) is 19.8 Å². The Balaban J connectivity index is 0.000000325. The van der Waals surface area contributed by atoms with Crippen LogP contribution in [-0.2, 0) is 6.42 Å². The van der Waals surface area contributed by atoms with Gasteiger partial charge in [0, 0.05) is 19.8 Å². The first-order chi connectivity index (χ1) is 8.35. The molecule has 0 saturated heterocycles. The monoisotopic (exact) mass is 240 g/mol. The molecule has 1 aromatic carbocycles. The van der Waals surface area contributed by atoms with E-state index in [0.717, 1.165) is 32.1 Å². The highest BCUT2D eigenvalue weighted by Gasteiger charge is 1.88. The van der Waals surface area contributed by atoms with E-state index in [9.17, 15) is 0 Å². The number of unbranched alkanes of at least 4 members (excludes halogenated alkanes) is 2. The van der Waals surface area contributed by atoms with Gasteiger partial charge in [-0.1, -0.05) is 30.3 Å². The average molecular weight is 240 g/mol. The predicted molar refractivity (Wildman–Crippen MR) is 69.9 cm³/mol. The van der Waals surface area contributed by atoms with Gasteiger partial charge in [-0.05, 0) is 37.7 Å². The number of benzene rings is 1. The average Bonchev–Trinajstić information content (AvgIpc) is 2.39. The largest absolute Gasteiger partial charge is 0.396 e. The highest BCUT2D eigenvalue weighted by Crippen LogP contribution is 2.00. The van der Waals surface area contributed by atoms with E-state index >= 15 is 0 Å². The molecule has 3 nitrogen and oxygen atoms in total. The lowest BCUT2D eigenvalue weighted by atomic mass is 10.1. The van der Waals surface area contributed by atoms with E-state index < -0.39 is 0 Å². The molecule has 0 saturated carbocycles. The second-order valence-electron chi connectivity index (χ2n) is 3.82. The van der Waals surface area contributed by atoms with Crippen molar-refractivity contribution in [2.45, 2.75) is 32.1 Å². The fourth-order valence-electron chi connectivity index (χ4n) is 1.33. The van der Waals surface area contributed by atoms with Crippen LogP contribution in [0.3, 0.4) is 0 Å². The fraction of sp³-hybridized carbons (Fsp3) is 0.571. The van der Waals surface area contributed by atoms with E-state index in [1.54, 1.807) is 0 Å². The highest BCUT2D eigenvalue weighted by molar-refractivity contribution is 5.14. The Hall–Kier alpha value is -0.900. The third-order valence-electron chi connectivity index (χ3n) is 2.28. The van der Waals surface area contributed by atoms with E-state index in [0.29, 0.717) is 0 Å². The van der Waals surface area contributed by atoms with Crippen molar-refractivity contribution in [3.8, 4) is 0 Å². The molecule has 0 spiro atoms. The number of aliphatic hydroxyl groups is 3. The summed E-state index contributed by atoms with van der Waals surface area (Å²) in [6.45, 7) is 0.787. The molecule has 0 aliphatic rings. The van der Waals surface area contributed by atoms with Crippen LogP contribution in [0.1, 0.15) is 31.2 Å². The highest BCUT2D eigenvalue weighted by atomic mass is 16.3. The summed E-state index contributed by atoms with van der Waals surface area (Å²) in [6.07, 6.45) is 4.43. The molecule has 0 fully saturated rings. The standard InChI is InChI=1S/C9H12O.C5H12O2/c10-8-4-7-9-5-2-1-3-6-9;6-4-2-1-3-5-7/h1-3,5-6,10H,4,7-8H2;6-7H,1-5H2. The number of aryl methyl sites for hydroxylation is 1. The van der Waals surface area contributed by atoms with Gasteiger partial charge in [0.1, 0.15) is 0 Å². The first-order valence-electron chi connectivity index (χ1n) is 6.21. The zero-order valence-corrected chi connectivity index (χ0v) is 10.4. The van der Waals surface area contributed by atoms with Gasteiger partial charge in [0.15, 0.2) is 0 Å². The molecule has 0 radical (unpaired) electrons. The van der Waals surface area contributed by atoms with Crippen molar-refractivity contribution in [1.82, 2.24) is 0 Å². The van der Waals surface area contributed by atoms with E-state index in [-0.39, 0.29) is 19.8 Å². The third kappa shape index (κ3) is 11.4. The second-order valence-corrected chi connectivity index (χ2v) is 3.82. The van der Waals surface area contributed by atoms with Crippen LogP contribution in [0.2, 0.25) is 0 Å². The Kier molecular flexibility index (Phi) is 12.5. The number of rotatable bonds is 7. The fourth-order valence-corrected chi connectivity index (χ4v) is 1.33. The van der Waals surface area contributed by atoms with Gasteiger partial charge in [-0.15, -0.1) is 0 Å². The van der Waals surface area contributed by atoms with Gasteiger partial charge >= 0.3 is 0 Å². The molecule has 0 aliphatic heterocycles. The molecule has 3 N–H and O–H groups in total. The molecule has 1 rings (SSSR count). The first kappa shape index (κ1) is 16.1. The van der Waals surface area contributed by atoms with Crippen LogP contribution in [-0.4, -0.2) is 35.1 Å². The second kappa shape index (κ2) is 13.2. The summed E-state index contributed by atoms with van der Waals surface area (Å²) in [4.78, 5) is 0. The van der Waals surface area contributed by atoms with E-state index in [4.69, 9.17) is 15.3 Å². The molecule has 17 heavy (non-hydrogen) atoms. The number of hydrogen-bond donors (Lipinski definition) is 3. The number of hydrogen-bond acceptors (Lipinski definition) is 3. The molecular weight excluding hydrogens is 216 g/mol. The minimum Gasteiger partial charge on any atom is -0.396 e. The van der Waals surface area contributed by atoms with Crippen molar-refractivity contribution >= 4 is 0 Å². The summed E-state index contributed by atoms with van der Waals surface area (Å²) in [6, 6.07) is 10.2. The Bertz CT molecular complexity index is 232. The minimum atomic E-state index is 0.250. The maximum Gasteiger partial charge on any atom is 0.0434 e. The molecule has 0 aliphatic carbocycles. The molecule has 3 heteroatoms. The summed E-state index contributed by atoms with van der Waals surface area (Å²) in [5.41, 5.74) is 1.30. The summed E-state index contributed by atoms with van der Waals surface area (Å²) >= 11 is 0. The molecule has 0 aromatic heterocycles. The van der Waals surface area contributed by atoms with Crippen molar-refractivity contribution in [3.05, 3.63) is 35.9 Å². The molecule has 0 heterocycles. The van der Waals surface area contributed by atoms with Gasteiger partial charge in [0.25, 0.3) is 0 Å². The van der Waals surface area contributed by atoms with Crippen LogP contribution >= 0.6 is 0 Å². The molecule has 98 valence electrons. The lowest BCUT2D eigenvalue weighted by Gasteiger charge is -1.96. The van der Waals surface area contributed by atoms with Crippen molar-refractivity contribution in [3.63, 3.8) is 0 Å². The summed E-state index contributed by atoms with van der Waals surface area (Å²) in [5, 5.41) is 25.0. The van der Waals surface area contributed by atoms with Gasteiger partial charge in [-0.2, -0.15) is 0 Å². The summed E-state index contributed by atoms with van der Waals surface area (Å²) in [5.74, 6) is 0. The molecule has 0 amide bonds. The topological polar surface area (TPSA) is 60.7 Å². The van der Waals surface area contributed by atoms with Crippen molar-refractivity contribution in [1.29, 1.82) is 0 Å². The Morgan fingerprint density at radius 3 is 1.65 bits per heavy atom. The van der Waals surface area contributed by atoms with Gasteiger partial charge in [0.05, 0.1) is 0 Å². The van der Waals surface area contributed by atoms with E-state index in [1.807, 2.05) is 18.2 Å². The van der Waals surface area contributed by atoms with Crippen molar-refractivity contribution in [2.24, 2.45) is 0 Å². The smallest absolute Gasteiger partial charge is 0.0434 e. The quantitative estimate of drug-likeness (QED) is 0.636. The van der Waals surface area contributed by atoms with Crippen LogP contribution in [0, 0.1) is 0 Å². The van der Waals surface area contributed by atoms with Gasteiger partial charge in [0.2, 0.25) is 0 Å². The van der Waals surface area contributed by atoms with Crippen LogP contribution in [0.4, 0.5) is 0 Å². The SMILES string of the molecule is OCCCCCO.OCCCc1ccccc1. The lowest BCUT2D eigenvalue weighted by Crippen LogP contribution is -1.87. The first-order valence-corrected chi connectivity index (χ1v) is 6.21. The maximum atomic E-state index is 8.53. The zero-order valence-electron chi connectivity index (χ0n) is 10.4. The molecule has 0 atom stereocenters. The third-order valence-corrected chi connectivity index (χ3v) is 2.28. The normalized spacial score (nSPS) is 9.59.